The topological polar surface area (TPSA) is 20.2 Å². The molecule has 0 fully saturated rings. The molecule has 0 spiro atoms. The van der Waals surface area contributed by atoms with Crippen LogP contribution in [0.15, 0.2) is 36.4 Å². The van der Waals surface area contributed by atoms with Crippen LogP contribution in [0, 0.1) is 24.4 Å². The van der Waals surface area contributed by atoms with Crippen LogP contribution >= 0.6 is 0 Å². The van der Waals surface area contributed by atoms with Crippen LogP contribution in [0.3, 0.4) is 0 Å². The van der Waals surface area contributed by atoms with Crippen LogP contribution in [0.4, 0.5) is 13.2 Å². The Morgan fingerprint density at radius 1 is 0.889 bits per heavy atom. The fourth-order valence-corrected chi connectivity index (χ4v) is 1.81. The van der Waals surface area contributed by atoms with E-state index in [1.807, 2.05) is 0 Å². The number of hydrogen-bond acceptors (Lipinski definition) is 1. The lowest BCUT2D eigenvalue weighted by molar-refractivity contribution is 0.212. The number of aryl methyl sites for hydroxylation is 1. The quantitative estimate of drug-likeness (QED) is 0.811. The lowest BCUT2D eigenvalue weighted by Gasteiger charge is -2.15. The largest absolute Gasteiger partial charge is 0.384 e. The van der Waals surface area contributed by atoms with Gasteiger partial charge in [-0.1, -0.05) is 30.3 Å². The van der Waals surface area contributed by atoms with E-state index in [4.69, 9.17) is 0 Å². The summed E-state index contributed by atoms with van der Waals surface area (Å²) in [7, 11) is 0. The van der Waals surface area contributed by atoms with Crippen molar-refractivity contribution in [2.45, 2.75) is 13.0 Å². The van der Waals surface area contributed by atoms with Gasteiger partial charge in [-0.25, -0.2) is 13.2 Å². The molecule has 0 aliphatic rings. The van der Waals surface area contributed by atoms with E-state index in [1.54, 1.807) is 31.2 Å². The van der Waals surface area contributed by atoms with Crippen LogP contribution in [0.5, 0.6) is 0 Å². The van der Waals surface area contributed by atoms with Crippen LogP contribution < -0.4 is 0 Å². The average Bonchev–Trinajstić information content (AvgIpc) is 2.36. The molecule has 0 bridgehead atoms. The Hall–Kier alpha value is -1.81. The molecule has 0 heterocycles. The van der Waals surface area contributed by atoms with Crippen molar-refractivity contribution in [2.75, 3.05) is 0 Å². The molecule has 0 amide bonds. The first-order valence-electron chi connectivity index (χ1n) is 5.39. The summed E-state index contributed by atoms with van der Waals surface area (Å²) < 4.78 is 39.5. The van der Waals surface area contributed by atoms with Crippen molar-refractivity contribution in [3.05, 3.63) is 70.5 Å². The molecule has 1 nitrogen and oxygen atoms in total. The number of halogens is 3. The minimum Gasteiger partial charge on any atom is -0.384 e. The van der Waals surface area contributed by atoms with E-state index in [1.165, 1.54) is 0 Å². The third-order valence-electron chi connectivity index (χ3n) is 2.84. The third-order valence-corrected chi connectivity index (χ3v) is 2.84. The maximum atomic E-state index is 13.6. The zero-order chi connectivity index (χ0) is 13.3. The summed E-state index contributed by atoms with van der Waals surface area (Å²) in [6.45, 7) is 1.75. The minimum atomic E-state index is -1.57. The van der Waals surface area contributed by atoms with Crippen LogP contribution in [0.25, 0.3) is 0 Å². The molecule has 1 atom stereocenters. The zero-order valence-electron chi connectivity index (χ0n) is 9.62. The van der Waals surface area contributed by atoms with E-state index >= 15 is 0 Å². The first-order chi connectivity index (χ1) is 8.52. The predicted octanol–water partition coefficient (Wildman–Crippen LogP) is 3.49. The van der Waals surface area contributed by atoms with Crippen LogP contribution in [0.2, 0.25) is 0 Å². The molecule has 4 heteroatoms. The maximum Gasteiger partial charge on any atom is 0.194 e. The van der Waals surface area contributed by atoms with Gasteiger partial charge in [-0.15, -0.1) is 0 Å². The van der Waals surface area contributed by atoms with Gasteiger partial charge in [0.05, 0.1) is 0 Å². The number of rotatable bonds is 2. The Labute approximate surface area is 103 Å². The van der Waals surface area contributed by atoms with Crippen molar-refractivity contribution in [3.8, 4) is 0 Å². The maximum absolute atomic E-state index is 13.6. The predicted molar refractivity (Wildman–Crippen MR) is 61.6 cm³/mol. The monoisotopic (exact) mass is 252 g/mol. The molecule has 2 rings (SSSR count). The Morgan fingerprint density at radius 3 is 2.22 bits per heavy atom. The van der Waals surface area contributed by atoms with Gasteiger partial charge in [-0.3, -0.25) is 0 Å². The molecule has 18 heavy (non-hydrogen) atoms. The molecule has 0 aromatic heterocycles. The SMILES string of the molecule is Cc1ccccc1C(O)c1ccc(F)c(F)c1F. The highest BCUT2D eigenvalue weighted by Gasteiger charge is 2.21. The second-order valence-electron chi connectivity index (χ2n) is 4.02. The smallest absolute Gasteiger partial charge is 0.194 e. The van der Waals surface area contributed by atoms with Crippen molar-refractivity contribution < 1.29 is 18.3 Å². The second-order valence-corrected chi connectivity index (χ2v) is 4.02. The molecule has 1 unspecified atom stereocenters. The van der Waals surface area contributed by atoms with Crippen molar-refractivity contribution in [2.24, 2.45) is 0 Å². The highest BCUT2D eigenvalue weighted by atomic mass is 19.2. The van der Waals surface area contributed by atoms with Gasteiger partial charge < -0.3 is 5.11 Å². The Bertz CT molecular complexity index is 581. The molecule has 2 aromatic rings. The summed E-state index contributed by atoms with van der Waals surface area (Å²) in [6, 6.07) is 8.66. The zero-order valence-corrected chi connectivity index (χ0v) is 9.62. The molecule has 2 aromatic carbocycles. The molecule has 0 saturated carbocycles. The fraction of sp³-hybridized carbons (Fsp3) is 0.143. The third kappa shape index (κ3) is 2.11. The van der Waals surface area contributed by atoms with E-state index in [-0.39, 0.29) is 5.56 Å². The molecule has 0 radical (unpaired) electrons. The van der Waals surface area contributed by atoms with E-state index in [2.05, 4.69) is 0 Å². The van der Waals surface area contributed by atoms with Crippen molar-refractivity contribution in [1.29, 1.82) is 0 Å². The van der Waals surface area contributed by atoms with Gasteiger partial charge in [0.25, 0.3) is 0 Å². The molecule has 0 saturated heterocycles. The second kappa shape index (κ2) is 4.82. The number of aliphatic hydroxyl groups is 1. The minimum absolute atomic E-state index is 0.275. The Kier molecular flexibility index (Phi) is 3.39. The number of aliphatic hydroxyl groups excluding tert-OH is 1. The van der Waals surface area contributed by atoms with E-state index < -0.39 is 23.6 Å². The van der Waals surface area contributed by atoms with Crippen LogP contribution in [-0.4, -0.2) is 5.11 Å². The van der Waals surface area contributed by atoms with Gasteiger partial charge >= 0.3 is 0 Å². The highest BCUT2D eigenvalue weighted by Crippen LogP contribution is 2.28. The fourth-order valence-electron chi connectivity index (χ4n) is 1.81. The van der Waals surface area contributed by atoms with Crippen LogP contribution in [0.1, 0.15) is 22.8 Å². The van der Waals surface area contributed by atoms with E-state index in [9.17, 15) is 18.3 Å². The van der Waals surface area contributed by atoms with Gasteiger partial charge in [0, 0.05) is 5.56 Å². The van der Waals surface area contributed by atoms with E-state index in [0.717, 1.165) is 17.7 Å². The molecular formula is C14H11F3O. The van der Waals surface area contributed by atoms with Gasteiger partial charge in [0.15, 0.2) is 17.5 Å². The van der Waals surface area contributed by atoms with Gasteiger partial charge in [0.1, 0.15) is 6.10 Å². The number of benzene rings is 2. The lowest BCUT2D eigenvalue weighted by Crippen LogP contribution is -2.07. The first-order valence-corrected chi connectivity index (χ1v) is 5.39. The molecular weight excluding hydrogens is 241 g/mol. The summed E-state index contributed by atoms with van der Waals surface area (Å²) >= 11 is 0. The summed E-state index contributed by atoms with van der Waals surface area (Å²) in [4.78, 5) is 0. The summed E-state index contributed by atoms with van der Waals surface area (Å²) in [5, 5.41) is 10.0. The van der Waals surface area contributed by atoms with E-state index in [0.29, 0.717) is 5.56 Å². The Morgan fingerprint density at radius 2 is 1.56 bits per heavy atom. The molecule has 94 valence electrons. The first kappa shape index (κ1) is 12.6. The normalized spacial score (nSPS) is 12.5. The highest BCUT2D eigenvalue weighted by molar-refractivity contribution is 5.36. The van der Waals surface area contributed by atoms with Gasteiger partial charge in [-0.05, 0) is 24.1 Å². The van der Waals surface area contributed by atoms with Crippen molar-refractivity contribution >= 4 is 0 Å². The summed E-state index contributed by atoms with van der Waals surface area (Å²) in [6.07, 6.45) is -1.32. The van der Waals surface area contributed by atoms with Gasteiger partial charge in [-0.2, -0.15) is 0 Å². The molecule has 0 aliphatic heterocycles. The van der Waals surface area contributed by atoms with Crippen molar-refractivity contribution in [1.82, 2.24) is 0 Å². The molecule has 1 N–H and O–H groups in total. The summed E-state index contributed by atoms with van der Waals surface area (Å²) in [5.74, 6) is -4.20. The average molecular weight is 252 g/mol. The van der Waals surface area contributed by atoms with Gasteiger partial charge in [0.2, 0.25) is 0 Å². The van der Waals surface area contributed by atoms with Crippen molar-refractivity contribution in [3.63, 3.8) is 0 Å². The van der Waals surface area contributed by atoms with Crippen LogP contribution in [-0.2, 0) is 0 Å². The Balaban J connectivity index is 2.50. The molecule has 0 aliphatic carbocycles. The summed E-state index contributed by atoms with van der Waals surface area (Å²) in [5.41, 5.74) is 0.930. The number of hydrogen-bond donors (Lipinski definition) is 1. The standard InChI is InChI=1S/C14H11F3O/c1-8-4-2-3-5-9(8)14(18)10-6-7-11(15)13(17)12(10)16/h2-7,14,18H,1H3. The lowest BCUT2D eigenvalue weighted by atomic mass is 9.97.